The van der Waals surface area contributed by atoms with E-state index in [1.807, 2.05) is 0 Å². The molecular weight excluding hydrogens is 346 g/mol. The predicted octanol–water partition coefficient (Wildman–Crippen LogP) is 3.13. The van der Waals surface area contributed by atoms with E-state index in [0.717, 1.165) is 17.3 Å². The minimum absolute atomic E-state index is 0.109. The predicted molar refractivity (Wildman–Crippen MR) is 79.8 cm³/mol. The fourth-order valence-electron chi connectivity index (χ4n) is 2.38. The highest BCUT2D eigenvalue weighted by molar-refractivity contribution is 9.10. The van der Waals surface area contributed by atoms with E-state index in [0.29, 0.717) is 23.7 Å². The number of halogens is 2. The Balaban J connectivity index is 2.14. The van der Waals surface area contributed by atoms with Gasteiger partial charge in [0.15, 0.2) is 0 Å². The third-order valence-electron chi connectivity index (χ3n) is 3.35. The Hall–Kier alpha value is -1.07. The van der Waals surface area contributed by atoms with Gasteiger partial charge in [-0.15, -0.1) is 0 Å². The van der Waals surface area contributed by atoms with E-state index >= 15 is 0 Å². The molecule has 1 atom stereocenters. The van der Waals surface area contributed by atoms with Crippen molar-refractivity contribution in [2.75, 3.05) is 20.2 Å². The molecule has 20 heavy (non-hydrogen) atoms. The second-order valence-corrected chi connectivity index (χ2v) is 6.12. The van der Waals surface area contributed by atoms with Crippen LogP contribution in [-0.2, 0) is 9.53 Å². The van der Waals surface area contributed by atoms with Crippen LogP contribution in [0.2, 0.25) is 5.02 Å². The van der Waals surface area contributed by atoms with Crippen molar-refractivity contribution in [2.45, 2.75) is 12.8 Å². The number of hydrogen-bond acceptors (Lipinski definition) is 3. The Kier molecular flexibility index (Phi) is 5.05. The molecule has 1 aliphatic rings. The molecule has 1 heterocycles. The Morgan fingerprint density at radius 2 is 2.15 bits per heavy atom. The van der Waals surface area contributed by atoms with Crippen molar-refractivity contribution < 1.29 is 14.3 Å². The molecule has 6 heteroatoms. The van der Waals surface area contributed by atoms with Gasteiger partial charge in [0.25, 0.3) is 5.91 Å². The summed E-state index contributed by atoms with van der Waals surface area (Å²) in [4.78, 5) is 25.7. The molecule has 0 aliphatic carbocycles. The molecule has 1 amide bonds. The molecule has 108 valence electrons. The summed E-state index contributed by atoms with van der Waals surface area (Å²) in [6.45, 7) is 1.05. The first-order chi connectivity index (χ1) is 9.51. The summed E-state index contributed by atoms with van der Waals surface area (Å²) in [5.74, 6) is -0.600. The number of rotatable bonds is 2. The summed E-state index contributed by atoms with van der Waals surface area (Å²) < 4.78 is 5.52. The number of ether oxygens (including phenoxy) is 1. The number of likely N-dealkylation sites (tertiary alicyclic amines) is 1. The zero-order valence-corrected chi connectivity index (χ0v) is 13.4. The fraction of sp³-hybridized carbons (Fsp3) is 0.429. The van der Waals surface area contributed by atoms with E-state index in [2.05, 4.69) is 15.9 Å². The lowest BCUT2D eigenvalue weighted by Crippen LogP contribution is -2.42. The van der Waals surface area contributed by atoms with E-state index in [-0.39, 0.29) is 17.8 Å². The second-order valence-electron chi connectivity index (χ2n) is 4.77. The fourth-order valence-corrected chi connectivity index (χ4v) is 3.24. The average Bonchev–Trinajstić information content (AvgIpc) is 2.44. The van der Waals surface area contributed by atoms with Gasteiger partial charge in [-0.3, -0.25) is 9.59 Å². The van der Waals surface area contributed by atoms with Crippen LogP contribution in [0, 0.1) is 5.92 Å². The van der Waals surface area contributed by atoms with E-state index in [1.54, 1.807) is 23.1 Å². The van der Waals surface area contributed by atoms with E-state index in [1.165, 1.54) is 7.11 Å². The summed E-state index contributed by atoms with van der Waals surface area (Å²) in [5, 5.41) is 0.504. The number of methoxy groups -OCH3 is 1. The second kappa shape index (κ2) is 6.59. The van der Waals surface area contributed by atoms with Gasteiger partial charge in [0, 0.05) is 28.1 Å². The highest BCUT2D eigenvalue weighted by atomic mass is 79.9. The molecule has 0 radical (unpaired) electrons. The zero-order valence-electron chi connectivity index (χ0n) is 11.1. The third kappa shape index (κ3) is 3.52. The highest BCUT2D eigenvalue weighted by Gasteiger charge is 2.29. The summed E-state index contributed by atoms with van der Waals surface area (Å²) in [7, 11) is 1.37. The van der Waals surface area contributed by atoms with Gasteiger partial charge >= 0.3 is 5.97 Å². The SMILES string of the molecule is COC(=O)[C@H]1CCCN(C(=O)c2cc(Cl)cc(Br)c2)C1. The van der Waals surface area contributed by atoms with Gasteiger partial charge in [0.2, 0.25) is 0 Å². The molecule has 2 rings (SSSR count). The first-order valence-electron chi connectivity index (χ1n) is 6.34. The van der Waals surface area contributed by atoms with Crippen LogP contribution in [0.4, 0.5) is 0 Å². The molecule has 4 nitrogen and oxygen atoms in total. The van der Waals surface area contributed by atoms with Crippen LogP contribution in [0.25, 0.3) is 0 Å². The minimum atomic E-state index is -0.255. The summed E-state index contributed by atoms with van der Waals surface area (Å²) in [6.07, 6.45) is 1.56. The minimum Gasteiger partial charge on any atom is -0.469 e. The quantitative estimate of drug-likeness (QED) is 0.761. The van der Waals surface area contributed by atoms with Gasteiger partial charge in [0.1, 0.15) is 0 Å². The molecule has 0 unspecified atom stereocenters. The molecule has 0 spiro atoms. The molecule has 1 saturated heterocycles. The first-order valence-corrected chi connectivity index (χ1v) is 7.51. The van der Waals surface area contributed by atoms with Crippen molar-refractivity contribution in [3.05, 3.63) is 33.3 Å². The molecule has 1 aromatic carbocycles. The molecular formula is C14H15BrClNO3. The third-order valence-corrected chi connectivity index (χ3v) is 4.03. The smallest absolute Gasteiger partial charge is 0.310 e. The summed E-state index contributed by atoms with van der Waals surface area (Å²) in [5.41, 5.74) is 0.523. The number of esters is 1. The molecule has 0 aromatic heterocycles. The Bertz CT molecular complexity index is 515. The monoisotopic (exact) mass is 359 g/mol. The number of amides is 1. The van der Waals surface area contributed by atoms with Crippen LogP contribution in [0.5, 0.6) is 0 Å². The van der Waals surface area contributed by atoms with Crippen LogP contribution in [0.15, 0.2) is 22.7 Å². The number of carbonyl (C=O) groups is 2. The molecule has 1 fully saturated rings. The normalized spacial score (nSPS) is 18.8. The summed E-state index contributed by atoms with van der Waals surface area (Å²) >= 11 is 9.28. The van der Waals surface area contributed by atoms with Crippen molar-refractivity contribution >= 4 is 39.4 Å². The van der Waals surface area contributed by atoms with Crippen LogP contribution in [0.1, 0.15) is 23.2 Å². The van der Waals surface area contributed by atoms with E-state index in [9.17, 15) is 9.59 Å². The zero-order chi connectivity index (χ0) is 14.7. The number of piperidine rings is 1. The van der Waals surface area contributed by atoms with Crippen molar-refractivity contribution in [1.82, 2.24) is 4.90 Å². The van der Waals surface area contributed by atoms with Crippen molar-refractivity contribution in [3.8, 4) is 0 Å². The highest BCUT2D eigenvalue weighted by Crippen LogP contribution is 2.23. The van der Waals surface area contributed by atoms with Gasteiger partial charge in [-0.2, -0.15) is 0 Å². The molecule has 1 aliphatic heterocycles. The molecule has 0 N–H and O–H groups in total. The van der Waals surface area contributed by atoms with Crippen molar-refractivity contribution in [3.63, 3.8) is 0 Å². The number of nitrogens with zero attached hydrogens (tertiary/aromatic N) is 1. The standard InChI is InChI=1S/C14H15BrClNO3/c1-20-14(19)9-3-2-4-17(8-9)13(18)10-5-11(15)7-12(16)6-10/h5-7,9H,2-4,8H2,1H3/t9-/m0/s1. The van der Waals surface area contributed by atoms with E-state index < -0.39 is 0 Å². The van der Waals surface area contributed by atoms with Gasteiger partial charge in [-0.05, 0) is 31.0 Å². The largest absolute Gasteiger partial charge is 0.469 e. The number of carbonyl (C=O) groups excluding carboxylic acids is 2. The van der Waals surface area contributed by atoms with Crippen molar-refractivity contribution in [2.24, 2.45) is 5.92 Å². The first kappa shape index (κ1) is 15.3. The lowest BCUT2D eigenvalue weighted by molar-refractivity contribution is -0.146. The molecule has 0 bridgehead atoms. The Labute approximate surface area is 131 Å². The lowest BCUT2D eigenvalue weighted by atomic mass is 9.97. The van der Waals surface area contributed by atoms with E-state index in [4.69, 9.17) is 16.3 Å². The van der Waals surface area contributed by atoms with Crippen LogP contribution in [-0.4, -0.2) is 37.0 Å². The van der Waals surface area contributed by atoms with Crippen molar-refractivity contribution in [1.29, 1.82) is 0 Å². The average molecular weight is 361 g/mol. The molecule has 1 aromatic rings. The van der Waals surface area contributed by atoms with Crippen LogP contribution < -0.4 is 0 Å². The number of benzene rings is 1. The van der Waals surface area contributed by atoms with Gasteiger partial charge in [-0.1, -0.05) is 27.5 Å². The topological polar surface area (TPSA) is 46.6 Å². The van der Waals surface area contributed by atoms with Crippen LogP contribution in [0.3, 0.4) is 0 Å². The number of hydrogen-bond donors (Lipinski definition) is 0. The van der Waals surface area contributed by atoms with Crippen LogP contribution >= 0.6 is 27.5 Å². The van der Waals surface area contributed by atoms with Gasteiger partial charge in [-0.25, -0.2) is 0 Å². The Morgan fingerprint density at radius 1 is 1.40 bits per heavy atom. The maximum absolute atomic E-state index is 12.5. The maximum Gasteiger partial charge on any atom is 0.310 e. The maximum atomic E-state index is 12.5. The van der Waals surface area contributed by atoms with Gasteiger partial charge in [0.05, 0.1) is 13.0 Å². The summed E-state index contributed by atoms with van der Waals surface area (Å²) in [6, 6.07) is 5.10. The molecule has 0 saturated carbocycles. The van der Waals surface area contributed by atoms with Gasteiger partial charge < -0.3 is 9.64 Å². The Morgan fingerprint density at radius 3 is 2.80 bits per heavy atom. The lowest BCUT2D eigenvalue weighted by Gasteiger charge is -2.31.